The Morgan fingerprint density at radius 1 is 1.44 bits per heavy atom. The molecule has 0 fully saturated rings. The van der Waals surface area contributed by atoms with Crippen molar-refractivity contribution in [3.05, 3.63) is 45.4 Å². The van der Waals surface area contributed by atoms with E-state index in [1.165, 1.54) is 0 Å². The second-order valence-corrected chi connectivity index (χ2v) is 4.84. The summed E-state index contributed by atoms with van der Waals surface area (Å²) in [6, 6.07) is 7.43. The van der Waals surface area contributed by atoms with Crippen LogP contribution in [0.4, 0.5) is 0 Å². The van der Waals surface area contributed by atoms with Crippen LogP contribution in [0.1, 0.15) is 27.9 Å². The van der Waals surface area contributed by atoms with Gasteiger partial charge >= 0.3 is 0 Å². The van der Waals surface area contributed by atoms with Crippen molar-refractivity contribution in [1.82, 2.24) is 14.9 Å². The lowest BCUT2D eigenvalue weighted by atomic mass is 10.2. The molecule has 1 aromatic carbocycles. The summed E-state index contributed by atoms with van der Waals surface area (Å²) in [5, 5.41) is 7.38. The highest BCUT2D eigenvalue weighted by molar-refractivity contribution is 7.08. The number of nitrogens with one attached hydrogen (secondary N) is 1. The van der Waals surface area contributed by atoms with Gasteiger partial charge in [-0.05, 0) is 29.6 Å². The molecule has 0 saturated carbocycles. The Labute approximate surface area is 114 Å². The minimum Gasteiger partial charge on any atom is -0.347 e. The van der Waals surface area contributed by atoms with Crippen LogP contribution in [0.2, 0.25) is 5.02 Å². The van der Waals surface area contributed by atoms with Crippen LogP contribution in [0.3, 0.4) is 0 Å². The number of amides is 1. The summed E-state index contributed by atoms with van der Waals surface area (Å²) in [5.74, 6) is -0.151. The van der Waals surface area contributed by atoms with E-state index in [1.807, 2.05) is 25.1 Å². The molecule has 0 unspecified atom stereocenters. The van der Waals surface area contributed by atoms with Gasteiger partial charge in [0.05, 0.1) is 5.69 Å². The predicted octanol–water partition coefficient (Wildman–Crippen LogP) is 2.68. The van der Waals surface area contributed by atoms with Crippen LogP contribution in [-0.4, -0.2) is 15.5 Å². The molecule has 6 heteroatoms. The fraction of sp³-hybridized carbons (Fsp3) is 0.250. The molecular weight excluding hydrogens is 270 g/mol. The Morgan fingerprint density at radius 2 is 2.22 bits per heavy atom. The van der Waals surface area contributed by atoms with Crippen molar-refractivity contribution in [2.75, 3.05) is 0 Å². The number of rotatable bonds is 4. The summed E-state index contributed by atoms with van der Waals surface area (Å²) in [6.45, 7) is 2.35. The van der Waals surface area contributed by atoms with E-state index in [-0.39, 0.29) is 5.91 Å². The molecule has 94 valence electrons. The number of carbonyl (C=O) groups excluding carboxylic acids is 1. The fourth-order valence-corrected chi connectivity index (χ4v) is 2.38. The van der Waals surface area contributed by atoms with E-state index in [9.17, 15) is 4.79 Å². The summed E-state index contributed by atoms with van der Waals surface area (Å²) in [4.78, 5) is 12.5. The summed E-state index contributed by atoms with van der Waals surface area (Å²) in [6.07, 6.45) is 0.700. The van der Waals surface area contributed by atoms with Gasteiger partial charge in [-0.1, -0.05) is 41.2 Å². The Kier molecular flexibility index (Phi) is 4.28. The summed E-state index contributed by atoms with van der Waals surface area (Å²) in [7, 11) is 0. The zero-order chi connectivity index (χ0) is 13.0. The molecule has 1 aromatic heterocycles. The van der Waals surface area contributed by atoms with E-state index in [2.05, 4.69) is 14.9 Å². The number of aromatic nitrogens is 2. The van der Waals surface area contributed by atoms with Gasteiger partial charge in [0.25, 0.3) is 5.91 Å². The van der Waals surface area contributed by atoms with Gasteiger partial charge in [0.2, 0.25) is 0 Å². The maximum absolute atomic E-state index is 11.9. The number of aryl methyl sites for hydroxylation is 1. The normalized spacial score (nSPS) is 10.3. The van der Waals surface area contributed by atoms with E-state index in [1.54, 1.807) is 6.07 Å². The third-order valence-corrected chi connectivity index (χ3v) is 3.63. The first-order chi connectivity index (χ1) is 8.72. The molecule has 0 bridgehead atoms. The van der Waals surface area contributed by atoms with Crippen molar-refractivity contribution in [2.45, 2.75) is 19.9 Å². The molecule has 1 amide bonds. The van der Waals surface area contributed by atoms with Gasteiger partial charge in [0.15, 0.2) is 0 Å². The smallest absolute Gasteiger partial charge is 0.265 e. The van der Waals surface area contributed by atoms with Crippen molar-refractivity contribution < 1.29 is 4.79 Å². The van der Waals surface area contributed by atoms with Gasteiger partial charge < -0.3 is 5.32 Å². The second kappa shape index (κ2) is 5.93. The van der Waals surface area contributed by atoms with Crippen LogP contribution in [0.15, 0.2) is 24.3 Å². The molecule has 0 radical (unpaired) electrons. The molecule has 0 spiro atoms. The van der Waals surface area contributed by atoms with Gasteiger partial charge in [0.1, 0.15) is 4.88 Å². The maximum atomic E-state index is 11.9. The summed E-state index contributed by atoms with van der Waals surface area (Å²) in [5.41, 5.74) is 1.62. The molecule has 0 saturated heterocycles. The first-order valence-electron chi connectivity index (χ1n) is 5.55. The lowest BCUT2D eigenvalue weighted by Crippen LogP contribution is -2.23. The molecule has 0 aliphatic heterocycles. The van der Waals surface area contributed by atoms with Gasteiger partial charge in [-0.25, -0.2) is 0 Å². The Balaban J connectivity index is 2.03. The zero-order valence-corrected chi connectivity index (χ0v) is 11.4. The van der Waals surface area contributed by atoms with Gasteiger partial charge in [0, 0.05) is 11.6 Å². The minimum atomic E-state index is -0.151. The van der Waals surface area contributed by atoms with Crippen LogP contribution < -0.4 is 5.32 Å². The zero-order valence-electron chi connectivity index (χ0n) is 9.81. The van der Waals surface area contributed by atoms with Crippen molar-refractivity contribution in [3.63, 3.8) is 0 Å². The predicted molar refractivity (Wildman–Crippen MR) is 71.9 cm³/mol. The van der Waals surface area contributed by atoms with Gasteiger partial charge in [-0.3, -0.25) is 4.79 Å². The highest BCUT2D eigenvalue weighted by atomic mass is 35.5. The van der Waals surface area contributed by atoms with Crippen molar-refractivity contribution in [3.8, 4) is 0 Å². The van der Waals surface area contributed by atoms with Crippen LogP contribution in [0.25, 0.3) is 0 Å². The van der Waals surface area contributed by atoms with E-state index in [0.29, 0.717) is 22.9 Å². The van der Waals surface area contributed by atoms with Crippen LogP contribution in [0.5, 0.6) is 0 Å². The number of hydrogen-bond acceptors (Lipinski definition) is 4. The highest BCUT2D eigenvalue weighted by Gasteiger charge is 2.14. The molecule has 0 atom stereocenters. The molecule has 2 rings (SSSR count). The van der Waals surface area contributed by atoms with Crippen LogP contribution >= 0.6 is 23.1 Å². The quantitative estimate of drug-likeness (QED) is 0.937. The first kappa shape index (κ1) is 13.0. The number of halogens is 1. The third kappa shape index (κ3) is 2.86. The minimum absolute atomic E-state index is 0.151. The van der Waals surface area contributed by atoms with Gasteiger partial charge in [-0.2, -0.15) is 0 Å². The average molecular weight is 282 g/mol. The van der Waals surface area contributed by atoms with E-state index < -0.39 is 0 Å². The van der Waals surface area contributed by atoms with Gasteiger partial charge in [-0.15, -0.1) is 5.10 Å². The molecule has 0 aliphatic rings. The number of carbonyl (C=O) groups is 1. The lowest BCUT2D eigenvalue weighted by molar-refractivity contribution is 0.0954. The van der Waals surface area contributed by atoms with Crippen molar-refractivity contribution in [1.29, 1.82) is 0 Å². The first-order valence-corrected chi connectivity index (χ1v) is 6.70. The summed E-state index contributed by atoms with van der Waals surface area (Å²) < 4.78 is 3.79. The highest BCUT2D eigenvalue weighted by Crippen LogP contribution is 2.15. The lowest BCUT2D eigenvalue weighted by Gasteiger charge is -2.05. The average Bonchev–Trinajstić information content (AvgIpc) is 2.86. The molecule has 18 heavy (non-hydrogen) atoms. The van der Waals surface area contributed by atoms with Crippen LogP contribution in [-0.2, 0) is 13.0 Å². The molecule has 2 aromatic rings. The Hall–Kier alpha value is -1.46. The van der Waals surface area contributed by atoms with Crippen molar-refractivity contribution in [2.24, 2.45) is 0 Å². The molecule has 4 nitrogen and oxygen atoms in total. The summed E-state index contributed by atoms with van der Waals surface area (Å²) >= 11 is 7.13. The maximum Gasteiger partial charge on any atom is 0.265 e. The SMILES string of the molecule is CCc1nnsc1C(=O)NCc1ccccc1Cl. The topological polar surface area (TPSA) is 54.9 Å². The largest absolute Gasteiger partial charge is 0.347 e. The standard InChI is InChI=1S/C12H12ClN3OS/c1-2-10-11(18-16-15-10)12(17)14-7-8-5-3-4-6-9(8)13/h3-6H,2,7H2,1H3,(H,14,17). The fourth-order valence-electron chi connectivity index (χ4n) is 1.51. The molecule has 1 N–H and O–H groups in total. The van der Waals surface area contributed by atoms with Crippen molar-refractivity contribution >= 4 is 29.0 Å². The third-order valence-electron chi connectivity index (χ3n) is 2.49. The number of hydrogen-bond donors (Lipinski definition) is 1. The van der Waals surface area contributed by atoms with E-state index >= 15 is 0 Å². The number of nitrogens with zero attached hydrogens (tertiary/aromatic N) is 2. The molecular formula is C12H12ClN3OS. The monoisotopic (exact) mass is 281 g/mol. The second-order valence-electron chi connectivity index (χ2n) is 3.68. The Bertz CT molecular complexity index is 556. The van der Waals surface area contributed by atoms with Crippen LogP contribution in [0, 0.1) is 0 Å². The van der Waals surface area contributed by atoms with E-state index in [0.717, 1.165) is 22.8 Å². The molecule has 0 aliphatic carbocycles. The van der Waals surface area contributed by atoms with E-state index in [4.69, 9.17) is 11.6 Å². The molecule has 1 heterocycles. The Morgan fingerprint density at radius 3 is 2.94 bits per heavy atom. The number of benzene rings is 1.